The van der Waals surface area contributed by atoms with Crippen molar-refractivity contribution in [3.8, 4) is 17.0 Å². The fourth-order valence-corrected chi connectivity index (χ4v) is 4.70. The molecule has 0 unspecified atom stereocenters. The summed E-state index contributed by atoms with van der Waals surface area (Å²) in [4.78, 5) is 12.7. The van der Waals surface area contributed by atoms with Crippen molar-refractivity contribution in [2.24, 2.45) is 5.92 Å². The zero-order chi connectivity index (χ0) is 25.0. The standard InChI is InChI=1S/C29H38N4O2/c1-19-11-13-22(31-25-15-21(29(2,3)4)12-14-27(25)35-5)16-23(19)24-17-26(33-32-24)28(34)30-18-20-9-7-6-8-10-20/h11-17,20,31H,6-10,18H2,1-5H3,(H,30,34)(H,32,33). The molecule has 0 radical (unpaired) electrons. The summed E-state index contributed by atoms with van der Waals surface area (Å²) in [5.74, 6) is 1.29. The lowest BCUT2D eigenvalue weighted by atomic mass is 9.87. The highest BCUT2D eigenvalue weighted by molar-refractivity contribution is 5.93. The molecule has 0 atom stereocenters. The smallest absolute Gasteiger partial charge is 0.269 e. The van der Waals surface area contributed by atoms with Gasteiger partial charge in [0.05, 0.1) is 18.5 Å². The van der Waals surface area contributed by atoms with Gasteiger partial charge in [-0.3, -0.25) is 9.89 Å². The van der Waals surface area contributed by atoms with E-state index in [1.165, 1.54) is 37.7 Å². The minimum Gasteiger partial charge on any atom is -0.495 e. The minimum absolute atomic E-state index is 0.0319. The van der Waals surface area contributed by atoms with E-state index in [0.717, 1.165) is 40.5 Å². The van der Waals surface area contributed by atoms with E-state index in [1.54, 1.807) is 7.11 Å². The maximum absolute atomic E-state index is 12.7. The van der Waals surface area contributed by atoms with Gasteiger partial charge in [0.2, 0.25) is 0 Å². The first kappa shape index (κ1) is 24.8. The number of aryl methyl sites for hydroxylation is 1. The zero-order valence-electron chi connectivity index (χ0n) is 21.6. The highest BCUT2D eigenvalue weighted by Gasteiger charge is 2.18. The van der Waals surface area contributed by atoms with E-state index in [1.807, 2.05) is 18.2 Å². The summed E-state index contributed by atoms with van der Waals surface area (Å²) in [6.07, 6.45) is 6.26. The molecule has 1 aromatic heterocycles. The quantitative estimate of drug-likeness (QED) is 0.354. The van der Waals surface area contributed by atoms with Crippen molar-refractivity contribution in [3.05, 3.63) is 59.3 Å². The second kappa shape index (κ2) is 10.5. The first-order valence-corrected chi connectivity index (χ1v) is 12.6. The number of carbonyl (C=O) groups is 1. The maximum Gasteiger partial charge on any atom is 0.269 e. The van der Waals surface area contributed by atoms with Gasteiger partial charge in [-0.25, -0.2) is 0 Å². The number of ether oxygens (including phenoxy) is 1. The summed E-state index contributed by atoms with van der Waals surface area (Å²) >= 11 is 0. The molecule has 1 aliphatic carbocycles. The first-order valence-electron chi connectivity index (χ1n) is 12.6. The summed E-state index contributed by atoms with van der Waals surface area (Å²) in [5, 5.41) is 14.0. The maximum atomic E-state index is 12.7. The molecule has 4 rings (SSSR count). The molecular weight excluding hydrogens is 436 g/mol. The molecule has 6 heteroatoms. The average Bonchev–Trinajstić information content (AvgIpc) is 3.34. The number of hydrogen-bond donors (Lipinski definition) is 3. The number of methoxy groups -OCH3 is 1. The van der Waals surface area contributed by atoms with Gasteiger partial charge in [0.25, 0.3) is 5.91 Å². The Labute approximate surface area is 208 Å². The molecule has 0 aliphatic heterocycles. The summed E-state index contributed by atoms with van der Waals surface area (Å²) in [6, 6.07) is 14.3. The number of benzene rings is 2. The van der Waals surface area contributed by atoms with Crippen LogP contribution in [0.3, 0.4) is 0 Å². The number of nitrogens with zero attached hydrogens (tertiary/aromatic N) is 1. The molecule has 3 aromatic rings. The van der Waals surface area contributed by atoms with Crippen LogP contribution in [0.25, 0.3) is 11.3 Å². The molecule has 1 saturated carbocycles. The summed E-state index contributed by atoms with van der Waals surface area (Å²) in [7, 11) is 1.68. The van der Waals surface area contributed by atoms with Crippen LogP contribution in [0.2, 0.25) is 0 Å². The Morgan fingerprint density at radius 3 is 2.57 bits per heavy atom. The Bertz CT molecular complexity index is 1170. The van der Waals surface area contributed by atoms with Gasteiger partial charge in [-0.1, -0.05) is 52.2 Å². The molecule has 6 nitrogen and oxygen atoms in total. The summed E-state index contributed by atoms with van der Waals surface area (Å²) in [6.45, 7) is 9.38. The van der Waals surface area contributed by atoms with Crippen LogP contribution in [0.15, 0.2) is 42.5 Å². The van der Waals surface area contributed by atoms with Crippen molar-refractivity contribution in [2.45, 2.75) is 65.2 Å². The SMILES string of the molecule is COc1ccc(C(C)(C)C)cc1Nc1ccc(C)c(-c2cc(C(=O)NCC3CCCCC3)[nH]n2)c1. The highest BCUT2D eigenvalue weighted by atomic mass is 16.5. The molecule has 1 amide bonds. The van der Waals surface area contributed by atoms with Crippen molar-refractivity contribution in [3.63, 3.8) is 0 Å². The Hall–Kier alpha value is -3.28. The zero-order valence-corrected chi connectivity index (χ0v) is 21.6. The van der Waals surface area contributed by atoms with Gasteiger partial charge in [0.1, 0.15) is 11.4 Å². The number of hydrogen-bond acceptors (Lipinski definition) is 4. The van der Waals surface area contributed by atoms with E-state index in [4.69, 9.17) is 4.74 Å². The van der Waals surface area contributed by atoms with E-state index in [0.29, 0.717) is 11.6 Å². The molecule has 0 bridgehead atoms. The van der Waals surface area contributed by atoms with Crippen molar-refractivity contribution in [1.29, 1.82) is 0 Å². The normalized spacial score (nSPS) is 14.5. The lowest BCUT2D eigenvalue weighted by Crippen LogP contribution is -2.30. The number of aromatic amines is 1. The Morgan fingerprint density at radius 1 is 1.09 bits per heavy atom. The number of anilines is 2. The second-order valence-electron chi connectivity index (χ2n) is 10.7. The lowest BCUT2D eigenvalue weighted by molar-refractivity contribution is 0.0938. The molecular formula is C29H38N4O2. The topological polar surface area (TPSA) is 79.0 Å². The highest BCUT2D eigenvalue weighted by Crippen LogP contribution is 2.35. The Morgan fingerprint density at radius 2 is 1.86 bits per heavy atom. The van der Waals surface area contributed by atoms with Crippen LogP contribution in [0.1, 0.15) is 74.5 Å². The average molecular weight is 475 g/mol. The van der Waals surface area contributed by atoms with E-state index >= 15 is 0 Å². The van der Waals surface area contributed by atoms with Gasteiger partial charge in [-0.15, -0.1) is 0 Å². The number of amides is 1. The van der Waals surface area contributed by atoms with Crippen molar-refractivity contribution in [2.75, 3.05) is 19.0 Å². The largest absolute Gasteiger partial charge is 0.495 e. The van der Waals surface area contributed by atoms with Crippen molar-refractivity contribution < 1.29 is 9.53 Å². The lowest BCUT2D eigenvalue weighted by Gasteiger charge is -2.21. The van der Waals surface area contributed by atoms with E-state index in [-0.39, 0.29) is 11.3 Å². The van der Waals surface area contributed by atoms with Crippen LogP contribution >= 0.6 is 0 Å². The number of aromatic nitrogens is 2. The first-order chi connectivity index (χ1) is 16.7. The number of carbonyl (C=O) groups excluding carboxylic acids is 1. The fourth-order valence-electron chi connectivity index (χ4n) is 4.70. The number of rotatable bonds is 7. The van der Waals surface area contributed by atoms with Crippen LogP contribution in [0.4, 0.5) is 11.4 Å². The van der Waals surface area contributed by atoms with E-state index in [9.17, 15) is 4.79 Å². The Balaban J connectivity index is 1.51. The summed E-state index contributed by atoms with van der Waals surface area (Å²) in [5.41, 5.74) is 6.42. The van der Waals surface area contributed by atoms with Gasteiger partial charge in [0, 0.05) is 17.8 Å². The van der Waals surface area contributed by atoms with Gasteiger partial charge in [-0.2, -0.15) is 5.10 Å². The monoisotopic (exact) mass is 474 g/mol. The van der Waals surface area contributed by atoms with Crippen molar-refractivity contribution in [1.82, 2.24) is 15.5 Å². The van der Waals surface area contributed by atoms with Gasteiger partial charge in [-0.05, 0) is 72.6 Å². The molecule has 1 aliphatic rings. The molecule has 1 heterocycles. The molecule has 2 aromatic carbocycles. The molecule has 186 valence electrons. The second-order valence-corrected chi connectivity index (χ2v) is 10.7. The molecule has 0 spiro atoms. The van der Waals surface area contributed by atoms with E-state index in [2.05, 4.69) is 72.8 Å². The Kier molecular flexibility index (Phi) is 7.48. The molecule has 0 saturated heterocycles. The van der Waals surface area contributed by atoms with Crippen LogP contribution < -0.4 is 15.4 Å². The predicted molar refractivity (Wildman–Crippen MR) is 143 cm³/mol. The summed E-state index contributed by atoms with van der Waals surface area (Å²) < 4.78 is 5.60. The molecule has 35 heavy (non-hydrogen) atoms. The fraction of sp³-hybridized carbons (Fsp3) is 0.448. The van der Waals surface area contributed by atoms with E-state index < -0.39 is 0 Å². The van der Waals surface area contributed by atoms with Crippen LogP contribution in [-0.2, 0) is 5.41 Å². The third-order valence-electron chi connectivity index (χ3n) is 6.96. The third-order valence-corrected chi connectivity index (χ3v) is 6.96. The minimum atomic E-state index is -0.0926. The number of nitrogens with one attached hydrogen (secondary N) is 3. The van der Waals surface area contributed by atoms with Gasteiger partial charge < -0.3 is 15.4 Å². The number of H-pyrrole nitrogens is 1. The molecule has 3 N–H and O–H groups in total. The van der Waals surface area contributed by atoms with Crippen LogP contribution in [0.5, 0.6) is 5.75 Å². The van der Waals surface area contributed by atoms with Crippen molar-refractivity contribution >= 4 is 17.3 Å². The van der Waals surface area contributed by atoms with Gasteiger partial charge in [0.15, 0.2) is 0 Å². The predicted octanol–water partition coefficient (Wildman–Crippen LogP) is 6.74. The third kappa shape index (κ3) is 6.05. The van der Waals surface area contributed by atoms with Crippen LogP contribution in [-0.4, -0.2) is 29.8 Å². The van der Waals surface area contributed by atoms with Crippen LogP contribution in [0, 0.1) is 12.8 Å². The molecule has 1 fully saturated rings. The van der Waals surface area contributed by atoms with Gasteiger partial charge >= 0.3 is 0 Å².